The third-order valence-electron chi connectivity index (χ3n) is 5.98. The Balaban J connectivity index is 1.71. The summed E-state index contributed by atoms with van der Waals surface area (Å²) in [5, 5.41) is 28.8. The minimum absolute atomic E-state index is 0.0501. The van der Waals surface area contributed by atoms with Gasteiger partial charge < -0.3 is 34.5 Å². The molecule has 0 aliphatic rings. The number of hydrogen-bond acceptors (Lipinski definition) is 7. The monoisotopic (exact) mass is 530 g/mol. The molecular weight excluding hydrogens is 500 g/mol. The van der Waals surface area contributed by atoms with Gasteiger partial charge in [0.05, 0.1) is 38.3 Å². The van der Waals surface area contributed by atoms with E-state index in [9.17, 15) is 15.0 Å². The molecule has 202 valence electrons. The fourth-order valence-electron chi connectivity index (χ4n) is 4.02. The largest absolute Gasteiger partial charge is 0.504 e. The van der Waals surface area contributed by atoms with Crippen LogP contribution in [0, 0.1) is 6.92 Å². The highest BCUT2D eigenvalue weighted by atomic mass is 16.5. The number of rotatable bonds is 13. The first-order valence-corrected chi connectivity index (χ1v) is 12.4. The van der Waals surface area contributed by atoms with E-state index in [2.05, 4.69) is 4.98 Å². The Hall–Kier alpha value is -4.50. The van der Waals surface area contributed by atoms with Crippen molar-refractivity contribution in [2.45, 2.75) is 25.9 Å². The predicted octanol–water partition coefficient (Wildman–Crippen LogP) is 5.34. The SMILES string of the molecule is [CH]CCOc1ccc(-c2nc(-c3cc(CO)c(O)c(OC)c3)[nH]c2-c2ccc(OCCCC(=O)O)cc2)cc1. The van der Waals surface area contributed by atoms with Crippen molar-refractivity contribution in [1.29, 1.82) is 0 Å². The number of aliphatic carboxylic acids is 1. The number of ether oxygens (including phenoxy) is 3. The molecule has 4 N–H and O–H groups in total. The van der Waals surface area contributed by atoms with Crippen molar-refractivity contribution in [2.75, 3.05) is 20.3 Å². The van der Waals surface area contributed by atoms with Crippen molar-refractivity contribution in [3.63, 3.8) is 0 Å². The lowest BCUT2D eigenvalue weighted by atomic mass is 10.0. The van der Waals surface area contributed by atoms with Crippen molar-refractivity contribution in [3.05, 3.63) is 73.2 Å². The van der Waals surface area contributed by atoms with E-state index in [1.54, 1.807) is 12.1 Å². The molecule has 0 fully saturated rings. The summed E-state index contributed by atoms with van der Waals surface area (Å²) in [5.41, 5.74) is 4.06. The minimum Gasteiger partial charge on any atom is -0.504 e. The molecule has 0 amide bonds. The van der Waals surface area contributed by atoms with E-state index < -0.39 is 5.97 Å². The highest BCUT2D eigenvalue weighted by Crippen LogP contribution is 2.38. The zero-order chi connectivity index (χ0) is 27.8. The summed E-state index contributed by atoms with van der Waals surface area (Å²) in [6.07, 6.45) is 0.885. The van der Waals surface area contributed by atoms with Crippen molar-refractivity contribution in [3.8, 4) is 56.9 Å². The Labute approximate surface area is 226 Å². The van der Waals surface area contributed by atoms with Crippen LogP contribution < -0.4 is 14.2 Å². The molecule has 0 unspecified atom stereocenters. The van der Waals surface area contributed by atoms with Crippen LogP contribution in [0.3, 0.4) is 0 Å². The van der Waals surface area contributed by atoms with Gasteiger partial charge >= 0.3 is 5.97 Å². The van der Waals surface area contributed by atoms with Gasteiger partial charge in [-0.05, 0) is 80.4 Å². The second kappa shape index (κ2) is 12.8. The lowest BCUT2D eigenvalue weighted by Crippen LogP contribution is -2.01. The maximum Gasteiger partial charge on any atom is 0.303 e. The standard InChI is InChI=1S/C30H30N2O7/c1-3-14-38-23-10-6-19(7-11-23)27-28(20-8-12-24(13-9-20)39-15-4-5-26(34)35)32-30(31-27)21-16-22(18-33)29(36)25(17-21)37-2/h1,6-13,16-17,33,36H,3-5,14-15,18H2,2H3,(H,31,32)(H,34,35). The maximum atomic E-state index is 10.7. The second-order valence-corrected chi connectivity index (χ2v) is 8.69. The Morgan fingerprint density at radius 3 is 2.18 bits per heavy atom. The van der Waals surface area contributed by atoms with Gasteiger partial charge in [0, 0.05) is 28.7 Å². The van der Waals surface area contributed by atoms with E-state index in [-0.39, 0.29) is 24.5 Å². The molecule has 0 saturated carbocycles. The molecule has 3 aromatic carbocycles. The molecule has 1 aromatic heterocycles. The quantitative estimate of drug-likeness (QED) is 0.170. The fraction of sp³-hybridized carbons (Fsp3) is 0.233. The molecule has 4 aromatic rings. The number of nitrogens with one attached hydrogen (secondary N) is 1. The average molecular weight is 531 g/mol. The number of nitrogens with zero attached hydrogens (tertiary/aromatic N) is 1. The van der Waals surface area contributed by atoms with E-state index in [0.29, 0.717) is 60.2 Å². The summed E-state index contributed by atoms with van der Waals surface area (Å²) in [7, 11) is 1.44. The number of carboxylic acids is 1. The first-order chi connectivity index (χ1) is 18.9. The van der Waals surface area contributed by atoms with Gasteiger partial charge in [-0.25, -0.2) is 4.98 Å². The molecule has 9 heteroatoms. The van der Waals surface area contributed by atoms with Gasteiger partial charge in [-0.3, -0.25) is 4.79 Å². The topological polar surface area (TPSA) is 134 Å². The number of phenols is 1. The Bertz CT molecular complexity index is 1370. The number of aliphatic hydroxyl groups excluding tert-OH is 1. The van der Waals surface area contributed by atoms with Gasteiger partial charge in [0.1, 0.15) is 17.3 Å². The van der Waals surface area contributed by atoms with Crippen molar-refractivity contribution < 1.29 is 34.3 Å². The smallest absolute Gasteiger partial charge is 0.303 e. The van der Waals surface area contributed by atoms with E-state index in [1.165, 1.54) is 7.11 Å². The first kappa shape index (κ1) is 27.5. The number of carboxylic acid groups (broad SMARTS) is 1. The van der Waals surface area contributed by atoms with E-state index >= 15 is 0 Å². The summed E-state index contributed by atoms with van der Waals surface area (Å²) in [4.78, 5) is 19.0. The highest BCUT2D eigenvalue weighted by molar-refractivity contribution is 5.82. The number of aromatic nitrogens is 2. The minimum atomic E-state index is -0.854. The number of methoxy groups -OCH3 is 1. The summed E-state index contributed by atoms with van der Waals surface area (Å²) < 4.78 is 16.6. The molecule has 0 bridgehead atoms. The third-order valence-corrected chi connectivity index (χ3v) is 5.98. The molecule has 39 heavy (non-hydrogen) atoms. The Morgan fingerprint density at radius 1 is 0.949 bits per heavy atom. The molecule has 1 heterocycles. The van der Waals surface area contributed by atoms with Gasteiger partial charge in [-0.1, -0.05) is 0 Å². The molecule has 9 nitrogen and oxygen atoms in total. The van der Waals surface area contributed by atoms with E-state index in [4.69, 9.17) is 31.2 Å². The van der Waals surface area contributed by atoms with Crippen LogP contribution in [0.15, 0.2) is 60.7 Å². The second-order valence-electron chi connectivity index (χ2n) is 8.69. The molecule has 4 rings (SSSR count). The number of aromatic amines is 1. The summed E-state index contributed by atoms with van der Waals surface area (Å²) in [6, 6.07) is 18.2. The number of imidazole rings is 1. The average Bonchev–Trinajstić information content (AvgIpc) is 3.40. The molecular formula is C30H30N2O7. The summed E-state index contributed by atoms with van der Waals surface area (Å²) >= 11 is 0. The predicted molar refractivity (Wildman–Crippen MR) is 146 cm³/mol. The molecule has 0 aliphatic heterocycles. The highest BCUT2D eigenvalue weighted by Gasteiger charge is 2.18. The maximum absolute atomic E-state index is 10.7. The van der Waals surface area contributed by atoms with Crippen molar-refractivity contribution in [1.82, 2.24) is 9.97 Å². The lowest BCUT2D eigenvalue weighted by molar-refractivity contribution is -0.137. The number of H-pyrrole nitrogens is 1. The Kier molecular flexibility index (Phi) is 9.06. The zero-order valence-corrected chi connectivity index (χ0v) is 21.5. The van der Waals surface area contributed by atoms with Crippen LogP contribution in [0.4, 0.5) is 0 Å². The molecule has 0 saturated heterocycles. The van der Waals surface area contributed by atoms with E-state index in [0.717, 1.165) is 16.8 Å². The van der Waals surface area contributed by atoms with Gasteiger partial charge in [-0.2, -0.15) is 0 Å². The lowest BCUT2D eigenvalue weighted by Gasteiger charge is -2.09. The summed E-state index contributed by atoms with van der Waals surface area (Å²) in [5.74, 6) is 1.09. The molecule has 2 radical (unpaired) electrons. The number of carbonyl (C=O) groups is 1. The number of benzene rings is 3. The van der Waals surface area contributed by atoms with Gasteiger partial charge in [0.2, 0.25) is 0 Å². The van der Waals surface area contributed by atoms with Crippen molar-refractivity contribution in [2.24, 2.45) is 0 Å². The van der Waals surface area contributed by atoms with Crippen molar-refractivity contribution >= 4 is 5.97 Å². The molecule has 0 aliphatic carbocycles. The third kappa shape index (κ3) is 6.69. The Morgan fingerprint density at radius 2 is 1.59 bits per heavy atom. The zero-order valence-electron chi connectivity index (χ0n) is 21.5. The number of aromatic hydroxyl groups is 1. The van der Waals surface area contributed by atoms with E-state index in [1.807, 2.05) is 48.5 Å². The van der Waals surface area contributed by atoms with Crippen LogP contribution in [-0.2, 0) is 11.4 Å². The number of aliphatic hydroxyl groups is 1. The normalized spacial score (nSPS) is 10.8. The van der Waals surface area contributed by atoms with Crippen LogP contribution in [0.1, 0.15) is 24.8 Å². The first-order valence-electron chi connectivity index (χ1n) is 12.4. The van der Waals surface area contributed by atoms with Gasteiger partial charge in [0.25, 0.3) is 0 Å². The van der Waals surface area contributed by atoms with Crippen LogP contribution in [0.25, 0.3) is 33.9 Å². The van der Waals surface area contributed by atoms with Crippen LogP contribution in [-0.4, -0.2) is 51.6 Å². The van der Waals surface area contributed by atoms with Crippen LogP contribution in [0.2, 0.25) is 0 Å². The fourth-order valence-corrected chi connectivity index (χ4v) is 4.02. The molecule has 0 spiro atoms. The van der Waals surface area contributed by atoms with Gasteiger partial charge in [0.15, 0.2) is 11.5 Å². The van der Waals surface area contributed by atoms with Gasteiger partial charge in [-0.15, -0.1) is 0 Å². The van der Waals surface area contributed by atoms with Crippen LogP contribution in [0.5, 0.6) is 23.0 Å². The molecule has 0 atom stereocenters. The van der Waals surface area contributed by atoms with Crippen LogP contribution >= 0.6 is 0 Å². The number of hydrogen-bond donors (Lipinski definition) is 4. The summed E-state index contributed by atoms with van der Waals surface area (Å²) in [6.45, 7) is 5.89.